The molecule has 0 unspecified atom stereocenters. The zero-order chi connectivity index (χ0) is 24.5. The van der Waals surface area contributed by atoms with Gasteiger partial charge in [0.15, 0.2) is 0 Å². The van der Waals surface area contributed by atoms with E-state index in [0.29, 0.717) is 0 Å². The van der Waals surface area contributed by atoms with Gasteiger partial charge >= 0.3 is 0 Å². The highest BCUT2D eigenvalue weighted by Gasteiger charge is 2.43. The van der Waals surface area contributed by atoms with Crippen LogP contribution in [0.1, 0.15) is 41.0 Å². The Balaban J connectivity index is 1.98. The van der Waals surface area contributed by atoms with Crippen molar-refractivity contribution in [1.82, 2.24) is 9.21 Å². The number of benzene rings is 2. The standard InChI is InChI=1S/C23H27N3O6S/c1-14(2)12-19(26-22(28)16-8-6-7-9-17(16)23(26)29)21(27)24-18-13-15(10-11-20(18)32-5)33(30,31)25(3)4/h6-11,13-14,19H,12H2,1-5H3,(H,24,27)/t19-/m1/s1. The number of imide groups is 1. The van der Waals surface area contributed by atoms with Crippen LogP contribution >= 0.6 is 0 Å². The third-order valence-electron chi connectivity index (χ3n) is 5.34. The SMILES string of the molecule is COc1ccc(S(=O)(=O)N(C)C)cc1NC(=O)[C@@H](CC(C)C)N1C(=O)c2ccccc2C1=O. The molecule has 1 aliphatic heterocycles. The lowest BCUT2D eigenvalue weighted by molar-refractivity contribution is -0.120. The number of nitrogens with zero attached hydrogens (tertiary/aromatic N) is 2. The van der Waals surface area contributed by atoms with Gasteiger partial charge in [-0.15, -0.1) is 0 Å². The van der Waals surface area contributed by atoms with Gasteiger partial charge in [-0.05, 0) is 42.7 Å². The first-order valence-electron chi connectivity index (χ1n) is 10.4. The Morgan fingerprint density at radius 2 is 1.64 bits per heavy atom. The monoisotopic (exact) mass is 473 g/mol. The first kappa shape index (κ1) is 24.4. The molecule has 0 bridgehead atoms. The first-order chi connectivity index (χ1) is 15.5. The lowest BCUT2D eigenvalue weighted by Crippen LogP contribution is -2.48. The number of rotatable bonds is 8. The van der Waals surface area contributed by atoms with E-state index < -0.39 is 33.8 Å². The topological polar surface area (TPSA) is 113 Å². The summed E-state index contributed by atoms with van der Waals surface area (Å²) in [4.78, 5) is 40.3. The molecular weight excluding hydrogens is 446 g/mol. The summed E-state index contributed by atoms with van der Waals surface area (Å²) in [5.74, 6) is -1.45. The number of anilines is 1. The third-order valence-corrected chi connectivity index (χ3v) is 7.15. The summed E-state index contributed by atoms with van der Waals surface area (Å²) >= 11 is 0. The van der Waals surface area contributed by atoms with Crippen molar-refractivity contribution >= 4 is 33.4 Å². The Morgan fingerprint density at radius 3 is 2.12 bits per heavy atom. The molecule has 1 heterocycles. The summed E-state index contributed by atoms with van der Waals surface area (Å²) in [7, 11) is 0.432. The molecule has 176 valence electrons. The van der Waals surface area contributed by atoms with E-state index in [0.717, 1.165) is 9.21 Å². The molecule has 0 radical (unpaired) electrons. The third kappa shape index (κ3) is 4.62. The van der Waals surface area contributed by atoms with Gasteiger partial charge in [-0.25, -0.2) is 12.7 Å². The van der Waals surface area contributed by atoms with Crippen LogP contribution in [0.4, 0.5) is 5.69 Å². The number of hydrogen-bond acceptors (Lipinski definition) is 6. The average molecular weight is 474 g/mol. The zero-order valence-electron chi connectivity index (χ0n) is 19.2. The van der Waals surface area contributed by atoms with Crippen molar-refractivity contribution in [3.05, 3.63) is 53.6 Å². The minimum Gasteiger partial charge on any atom is -0.495 e. The van der Waals surface area contributed by atoms with Crippen molar-refractivity contribution < 1.29 is 27.5 Å². The van der Waals surface area contributed by atoms with Crippen LogP contribution in [-0.2, 0) is 14.8 Å². The van der Waals surface area contributed by atoms with Crippen LogP contribution in [0, 0.1) is 5.92 Å². The van der Waals surface area contributed by atoms with Crippen LogP contribution in [-0.4, -0.2) is 62.6 Å². The molecule has 33 heavy (non-hydrogen) atoms. The largest absolute Gasteiger partial charge is 0.495 e. The second kappa shape index (κ2) is 9.32. The molecule has 0 saturated carbocycles. The molecule has 0 aromatic heterocycles. The van der Waals surface area contributed by atoms with Gasteiger partial charge < -0.3 is 10.1 Å². The fourth-order valence-electron chi connectivity index (χ4n) is 3.64. The summed E-state index contributed by atoms with van der Waals surface area (Å²) in [6.45, 7) is 3.76. The summed E-state index contributed by atoms with van der Waals surface area (Å²) in [5, 5.41) is 2.67. The smallest absolute Gasteiger partial charge is 0.262 e. The van der Waals surface area contributed by atoms with Gasteiger partial charge in [0.05, 0.1) is 28.8 Å². The van der Waals surface area contributed by atoms with Gasteiger partial charge in [-0.1, -0.05) is 26.0 Å². The molecule has 1 aliphatic rings. The van der Waals surface area contributed by atoms with Gasteiger partial charge in [0.1, 0.15) is 11.8 Å². The highest BCUT2D eigenvalue weighted by Crippen LogP contribution is 2.31. The van der Waals surface area contributed by atoms with Crippen molar-refractivity contribution in [3.8, 4) is 5.75 Å². The normalized spacial score (nSPS) is 14.6. The number of amides is 3. The number of carbonyl (C=O) groups excluding carboxylic acids is 3. The fraction of sp³-hybridized carbons (Fsp3) is 0.348. The lowest BCUT2D eigenvalue weighted by atomic mass is 10.0. The Morgan fingerprint density at radius 1 is 1.06 bits per heavy atom. The van der Waals surface area contributed by atoms with E-state index in [2.05, 4.69) is 5.32 Å². The number of ether oxygens (including phenoxy) is 1. The predicted molar refractivity (Wildman–Crippen MR) is 123 cm³/mol. The van der Waals surface area contributed by atoms with E-state index in [1.807, 2.05) is 13.8 Å². The molecule has 1 N–H and O–H groups in total. The number of hydrogen-bond donors (Lipinski definition) is 1. The molecule has 1 atom stereocenters. The molecule has 10 heteroatoms. The molecule has 0 aliphatic carbocycles. The van der Waals surface area contributed by atoms with Gasteiger partial charge in [0.2, 0.25) is 15.9 Å². The predicted octanol–water partition coefficient (Wildman–Crippen LogP) is 2.59. The molecule has 2 aromatic carbocycles. The van der Waals surface area contributed by atoms with Crippen molar-refractivity contribution in [2.24, 2.45) is 5.92 Å². The molecule has 2 aromatic rings. The number of methoxy groups -OCH3 is 1. The molecule has 9 nitrogen and oxygen atoms in total. The van der Waals surface area contributed by atoms with E-state index in [1.54, 1.807) is 24.3 Å². The maximum Gasteiger partial charge on any atom is 0.262 e. The summed E-state index contributed by atoms with van der Waals surface area (Å²) in [6, 6.07) is 9.44. The number of nitrogens with one attached hydrogen (secondary N) is 1. The van der Waals surface area contributed by atoms with Crippen molar-refractivity contribution in [2.45, 2.75) is 31.2 Å². The Kier molecular flexibility index (Phi) is 6.89. The second-order valence-corrected chi connectivity index (χ2v) is 10.5. The van der Waals surface area contributed by atoms with E-state index >= 15 is 0 Å². The highest BCUT2D eigenvalue weighted by molar-refractivity contribution is 7.89. The number of fused-ring (bicyclic) bond motifs is 1. The van der Waals surface area contributed by atoms with Crippen LogP contribution in [0.25, 0.3) is 0 Å². The van der Waals surface area contributed by atoms with Crippen LogP contribution in [0.15, 0.2) is 47.4 Å². The Labute approximate surface area is 193 Å². The van der Waals surface area contributed by atoms with E-state index in [4.69, 9.17) is 4.74 Å². The minimum atomic E-state index is -3.76. The molecule has 0 saturated heterocycles. The Bertz CT molecular complexity index is 1170. The van der Waals surface area contributed by atoms with Crippen LogP contribution in [0.3, 0.4) is 0 Å². The van der Waals surface area contributed by atoms with E-state index in [-0.39, 0.29) is 39.8 Å². The lowest BCUT2D eigenvalue weighted by Gasteiger charge is -2.27. The van der Waals surface area contributed by atoms with Gasteiger partial charge in [-0.2, -0.15) is 0 Å². The van der Waals surface area contributed by atoms with Gasteiger partial charge in [0.25, 0.3) is 11.8 Å². The molecule has 0 fully saturated rings. The average Bonchev–Trinajstić information content (AvgIpc) is 3.02. The fourth-order valence-corrected chi connectivity index (χ4v) is 4.57. The minimum absolute atomic E-state index is 0.00703. The van der Waals surface area contributed by atoms with E-state index in [9.17, 15) is 22.8 Å². The van der Waals surface area contributed by atoms with Crippen LogP contribution < -0.4 is 10.1 Å². The Hall–Kier alpha value is -3.24. The summed E-state index contributed by atoms with van der Waals surface area (Å²) in [6.07, 6.45) is 0.231. The van der Waals surface area contributed by atoms with Crippen molar-refractivity contribution in [2.75, 3.05) is 26.5 Å². The molecule has 3 amide bonds. The van der Waals surface area contributed by atoms with Gasteiger partial charge in [0, 0.05) is 14.1 Å². The maximum atomic E-state index is 13.4. The maximum absolute atomic E-state index is 13.4. The molecule has 0 spiro atoms. The van der Waals surface area contributed by atoms with E-state index in [1.165, 1.54) is 39.4 Å². The van der Waals surface area contributed by atoms with Crippen molar-refractivity contribution in [3.63, 3.8) is 0 Å². The first-order valence-corrected chi connectivity index (χ1v) is 11.8. The zero-order valence-corrected chi connectivity index (χ0v) is 20.0. The summed E-state index contributed by atoms with van der Waals surface area (Å²) in [5.41, 5.74) is 0.622. The quantitative estimate of drug-likeness (QED) is 0.590. The highest BCUT2D eigenvalue weighted by atomic mass is 32.2. The number of carbonyl (C=O) groups is 3. The molecular formula is C23H27N3O6S. The van der Waals surface area contributed by atoms with Crippen LogP contribution in [0.5, 0.6) is 5.75 Å². The van der Waals surface area contributed by atoms with Crippen molar-refractivity contribution in [1.29, 1.82) is 0 Å². The van der Waals surface area contributed by atoms with Crippen LogP contribution in [0.2, 0.25) is 0 Å². The number of sulfonamides is 1. The van der Waals surface area contributed by atoms with Gasteiger partial charge in [-0.3, -0.25) is 19.3 Å². The second-order valence-electron chi connectivity index (χ2n) is 8.31. The molecule has 3 rings (SSSR count). The summed E-state index contributed by atoms with van der Waals surface area (Å²) < 4.78 is 31.4.